The lowest BCUT2D eigenvalue weighted by molar-refractivity contribution is 0.0167. The molecule has 0 aliphatic rings. The lowest BCUT2D eigenvalue weighted by Crippen LogP contribution is -2.46. The van der Waals surface area contributed by atoms with Gasteiger partial charge in [-0.1, -0.05) is 29.5 Å². The van der Waals surface area contributed by atoms with E-state index in [4.69, 9.17) is 10.00 Å². The topological polar surface area (TPSA) is 93.3 Å². The Hall–Kier alpha value is -3.08. The third-order valence-corrected chi connectivity index (χ3v) is 5.46. The van der Waals surface area contributed by atoms with Crippen molar-refractivity contribution in [1.82, 2.24) is 9.91 Å². The summed E-state index contributed by atoms with van der Waals surface area (Å²) in [5.74, 6) is 0. The van der Waals surface area contributed by atoms with E-state index >= 15 is 0 Å². The number of nitrogens with zero attached hydrogens (tertiary/aromatic N) is 5. The molecule has 0 aliphatic heterocycles. The number of benzene rings is 1. The van der Waals surface area contributed by atoms with Crippen molar-refractivity contribution in [3.63, 3.8) is 0 Å². The summed E-state index contributed by atoms with van der Waals surface area (Å²) in [7, 11) is 1.89. The van der Waals surface area contributed by atoms with Crippen LogP contribution in [0.3, 0.4) is 0 Å². The molecule has 0 spiro atoms. The molecule has 0 saturated carbocycles. The maximum atomic E-state index is 12.5. The molecule has 34 heavy (non-hydrogen) atoms. The summed E-state index contributed by atoms with van der Waals surface area (Å²) in [6, 6.07) is 9.80. The van der Waals surface area contributed by atoms with E-state index in [1.54, 1.807) is 9.91 Å². The Morgan fingerprint density at radius 2 is 1.88 bits per heavy atom. The zero-order valence-corrected chi connectivity index (χ0v) is 22.1. The lowest BCUT2D eigenvalue weighted by Gasteiger charge is -2.32. The van der Waals surface area contributed by atoms with Crippen LogP contribution in [-0.4, -0.2) is 59.9 Å². The van der Waals surface area contributed by atoms with E-state index in [1.165, 1.54) is 0 Å². The molecule has 2 unspecified atom stereocenters. The minimum Gasteiger partial charge on any atom is -0.444 e. The van der Waals surface area contributed by atoms with Gasteiger partial charge in [0.25, 0.3) is 0 Å². The maximum absolute atomic E-state index is 12.5. The molecule has 1 aromatic carbocycles. The van der Waals surface area contributed by atoms with Crippen molar-refractivity contribution < 1.29 is 9.53 Å². The van der Waals surface area contributed by atoms with Crippen molar-refractivity contribution in [2.24, 2.45) is 10.3 Å². The van der Waals surface area contributed by atoms with E-state index in [0.29, 0.717) is 19.5 Å². The van der Waals surface area contributed by atoms with Crippen LogP contribution in [-0.2, 0) is 11.2 Å². The van der Waals surface area contributed by atoms with E-state index in [-0.39, 0.29) is 24.2 Å². The van der Waals surface area contributed by atoms with Gasteiger partial charge >= 0.3 is 6.09 Å². The largest absolute Gasteiger partial charge is 0.444 e. The number of nitriles is 1. The molecule has 0 heterocycles. The van der Waals surface area contributed by atoms with Crippen LogP contribution < -0.4 is 5.32 Å². The molecule has 0 bridgehead atoms. The molecule has 0 saturated heterocycles. The molecule has 3 atom stereocenters. The average molecular weight is 471 g/mol. The highest BCUT2D eigenvalue weighted by Gasteiger charge is 2.28. The monoisotopic (exact) mass is 470 g/mol. The minimum atomic E-state index is -0.540. The number of nitrogens with one attached hydrogen (secondary N) is 1. The summed E-state index contributed by atoms with van der Waals surface area (Å²) in [4.78, 5) is 14.2. The minimum absolute atomic E-state index is 0.0820. The fraction of sp³-hybridized carbons (Fsp3) is 0.615. The zero-order chi connectivity index (χ0) is 25.9. The molecule has 8 nitrogen and oxygen atoms in total. The van der Waals surface area contributed by atoms with Gasteiger partial charge in [-0.3, -0.25) is 5.01 Å². The first-order valence-corrected chi connectivity index (χ1v) is 11.9. The second-order valence-corrected chi connectivity index (χ2v) is 9.70. The van der Waals surface area contributed by atoms with E-state index < -0.39 is 5.60 Å². The number of hydrogen-bond acceptors (Lipinski definition) is 6. The molecule has 0 fully saturated rings. The van der Waals surface area contributed by atoms with Crippen molar-refractivity contribution in [3.8, 4) is 6.07 Å². The first kappa shape index (κ1) is 29.0. The highest BCUT2D eigenvalue weighted by Crippen LogP contribution is 2.17. The van der Waals surface area contributed by atoms with Crippen LogP contribution in [0, 0.1) is 11.3 Å². The van der Waals surface area contributed by atoms with Crippen LogP contribution in [0.5, 0.6) is 0 Å². The van der Waals surface area contributed by atoms with E-state index in [2.05, 4.69) is 28.3 Å². The Morgan fingerprint density at radius 3 is 2.38 bits per heavy atom. The molecule has 1 aromatic rings. The third kappa shape index (κ3) is 10.2. The fourth-order valence-electron chi connectivity index (χ4n) is 3.24. The molecule has 188 valence electrons. The highest BCUT2D eigenvalue weighted by atomic mass is 16.6. The Kier molecular flexibility index (Phi) is 11.6. The number of likely N-dealkylation sites (N-methyl/N-ethyl adjacent to an activating group) is 1. The number of carbonyl (C=O) groups excluding carboxylic acids is 1. The smallest absolute Gasteiger partial charge is 0.410 e. The number of ether oxygens (including phenoxy) is 1. The van der Waals surface area contributed by atoms with Crippen LogP contribution in [0.2, 0.25) is 0 Å². The van der Waals surface area contributed by atoms with Gasteiger partial charge < -0.3 is 15.0 Å². The molecule has 1 N–H and O–H groups in total. The molecule has 8 heteroatoms. The van der Waals surface area contributed by atoms with Gasteiger partial charge in [0, 0.05) is 31.9 Å². The highest BCUT2D eigenvalue weighted by molar-refractivity contribution is 5.68. The Balaban J connectivity index is 2.65. The fourth-order valence-corrected chi connectivity index (χ4v) is 3.24. The van der Waals surface area contributed by atoms with Crippen LogP contribution in [0.25, 0.3) is 0 Å². The second-order valence-electron chi connectivity index (χ2n) is 9.70. The SMILES string of the molecule is C=C(C)C(CCN(C)/N=N\[C@H](C)C(C)N(CC)C(=O)OC(C)(C)C)Nc1ccc(CC#N)cc1. The van der Waals surface area contributed by atoms with E-state index in [9.17, 15) is 4.79 Å². The molecule has 1 amide bonds. The predicted molar refractivity (Wildman–Crippen MR) is 138 cm³/mol. The average Bonchev–Trinajstić information content (AvgIpc) is 2.75. The number of carbonyl (C=O) groups is 1. The van der Waals surface area contributed by atoms with Gasteiger partial charge in [-0.25, -0.2) is 4.79 Å². The first-order chi connectivity index (χ1) is 15.9. The van der Waals surface area contributed by atoms with E-state index in [0.717, 1.165) is 23.2 Å². The van der Waals surface area contributed by atoms with Crippen LogP contribution in [0.4, 0.5) is 10.5 Å². The normalized spacial score (nSPS) is 14.1. The van der Waals surface area contributed by atoms with Crippen molar-refractivity contribution in [3.05, 3.63) is 42.0 Å². The van der Waals surface area contributed by atoms with Gasteiger partial charge in [-0.15, -0.1) is 0 Å². The van der Waals surface area contributed by atoms with Crippen LogP contribution in [0.15, 0.2) is 46.8 Å². The van der Waals surface area contributed by atoms with Crippen LogP contribution in [0.1, 0.15) is 60.5 Å². The van der Waals surface area contributed by atoms with Crippen molar-refractivity contribution in [1.29, 1.82) is 5.26 Å². The first-order valence-electron chi connectivity index (χ1n) is 11.9. The zero-order valence-electron chi connectivity index (χ0n) is 22.1. The quantitative estimate of drug-likeness (QED) is 0.236. The Labute approximate surface area is 205 Å². The van der Waals surface area contributed by atoms with Gasteiger partial charge in [0.05, 0.1) is 24.6 Å². The molecule has 0 aromatic heterocycles. The Bertz CT molecular complexity index is 854. The maximum Gasteiger partial charge on any atom is 0.410 e. The summed E-state index contributed by atoms with van der Waals surface area (Å²) in [6.07, 6.45) is 0.868. The van der Waals surface area contributed by atoms with Crippen molar-refractivity contribution in [2.45, 2.75) is 85.0 Å². The van der Waals surface area contributed by atoms with Gasteiger partial charge in [0.15, 0.2) is 0 Å². The summed E-state index contributed by atoms with van der Waals surface area (Å²) in [6.45, 7) is 18.8. The van der Waals surface area contributed by atoms with Gasteiger partial charge in [-0.2, -0.15) is 10.4 Å². The van der Waals surface area contributed by atoms with E-state index in [1.807, 2.05) is 79.8 Å². The molecule has 0 aliphatic carbocycles. The lowest BCUT2D eigenvalue weighted by atomic mass is 10.1. The summed E-state index contributed by atoms with van der Waals surface area (Å²) < 4.78 is 5.52. The Morgan fingerprint density at radius 1 is 1.26 bits per heavy atom. The second kappa shape index (κ2) is 13.6. The number of anilines is 1. The van der Waals surface area contributed by atoms with Gasteiger partial charge in [-0.05, 0) is 72.6 Å². The van der Waals surface area contributed by atoms with Gasteiger partial charge in [0.1, 0.15) is 5.60 Å². The van der Waals surface area contributed by atoms with Gasteiger partial charge in [0.2, 0.25) is 0 Å². The van der Waals surface area contributed by atoms with Crippen molar-refractivity contribution in [2.75, 3.05) is 25.5 Å². The summed E-state index contributed by atoms with van der Waals surface area (Å²) in [5, 5.41) is 22.9. The predicted octanol–water partition coefficient (Wildman–Crippen LogP) is 5.83. The van der Waals surface area contributed by atoms with Crippen LogP contribution >= 0.6 is 0 Å². The molecular weight excluding hydrogens is 428 g/mol. The van der Waals surface area contributed by atoms with Crippen molar-refractivity contribution >= 4 is 11.8 Å². The summed E-state index contributed by atoms with van der Waals surface area (Å²) >= 11 is 0. The molecular formula is C26H42N6O2. The molecule has 1 rings (SSSR count). The number of hydrogen-bond donors (Lipinski definition) is 1. The number of amides is 1. The molecule has 0 radical (unpaired) electrons. The standard InChI is InChI=1S/C26H42N6O2/c1-10-32(25(33)34-26(6,7)8)21(5)20(4)29-30-31(9)18-16-24(19(2)3)28-23-13-11-22(12-14-23)15-17-27/h11-14,20-21,24,28H,2,10,15-16,18H2,1,3-9H3/b30-29-/t20-,21?,24?/m1/s1. The summed E-state index contributed by atoms with van der Waals surface area (Å²) in [5.41, 5.74) is 2.48. The number of rotatable bonds is 12. The third-order valence-electron chi connectivity index (χ3n) is 5.46.